The minimum atomic E-state index is -0.570. The summed E-state index contributed by atoms with van der Waals surface area (Å²) in [5, 5.41) is 2.73. The molecule has 1 atom stereocenters. The highest BCUT2D eigenvalue weighted by Crippen LogP contribution is 2.37. The lowest BCUT2D eigenvalue weighted by Crippen LogP contribution is -2.54. The van der Waals surface area contributed by atoms with Gasteiger partial charge in [-0.1, -0.05) is 0 Å². The third-order valence-electron chi connectivity index (χ3n) is 6.76. The average Bonchev–Trinajstić information content (AvgIpc) is 3.38. The highest BCUT2D eigenvalue weighted by molar-refractivity contribution is 5.88. The summed E-state index contributed by atoms with van der Waals surface area (Å²) in [5.74, 6) is 1.04. The van der Waals surface area contributed by atoms with Crippen LogP contribution in [-0.4, -0.2) is 61.8 Å². The van der Waals surface area contributed by atoms with E-state index < -0.39 is 6.04 Å². The molecule has 1 unspecified atom stereocenters. The van der Waals surface area contributed by atoms with Crippen molar-refractivity contribution in [2.24, 2.45) is 0 Å². The summed E-state index contributed by atoms with van der Waals surface area (Å²) >= 11 is 0. The van der Waals surface area contributed by atoms with Gasteiger partial charge in [-0.3, -0.25) is 9.59 Å². The van der Waals surface area contributed by atoms with Crippen LogP contribution in [0.15, 0.2) is 36.7 Å². The van der Waals surface area contributed by atoms with Gasteiger partial charge in [0.15, 0.2) is 11.5 Å². The third-order valence-corrected chi connectivity index (χ3v) is 6.76. The molecule has 32 heavy (non-hydrogen) atoms. The number of benzene rings is 1. The topological polar surface area (TPSA) is 82.0 Å². The number of hydrogen-bond donors (Lipinski definition) is 1. The van der Waals surface area contributed by atoms with E-state index in [4.69, 9.17) is 14.2 Å². The second kappa shape index (κ2) is 9.24. The molecule has 0 bridgehead atoms. The predicted molar refractivity (Wildman–Crippen MR) is 119 cm³/mol. The van der Waals surface area contributed by atoms with Gasteiger partial charge < -0.3 is 29.0 Å². The Labute approximate surface area is 188 Å². The van der Waals surface area contributed by atoms with Gasteiger partial charge in [0.05, 0.1) is 26.2 Å². The fourth-order valence-electron chi connectivity index (χ4n) is 4.89. The lowest BCUT2D eigenvalue weighted by atomic mass is 9.84. The van der Waals surface area contributed by atoms with Crippen LogP contribution in [0.3, 0.4) is 0 Å². The van der Waals surface area contributed by atoms with Crippen LogP contribution in [0.2, 0.25) is 0 Å². The number of rotatable bonds is 6. The first-order valence-electron chi connectivity index (χ1n) is 11.0. The Bertz CT molecular complexity index is 966. The lowest BCUT2D eigenvalue weighted by molar-refractivity contribution is -0.144. The normalized spacial score (nSPS) is 19.7. The molecular weight excluding hydrogens is 410 g/mol. The molecule has 2 aliphatic rings. The number of likely N-dealkylation sites (N-methyl/N-ethyl adjacent to an activating group) is 1. The first kappa shape index (κ1) is 22.2. The maximum Gasteiger partial charge on any atom is 0.242 e. The van der Waals surface area contributed by atoms with E-state index >= 15 is 0 Å². The molecule has 0 radical (unpaired) electrons. The molecule has 4 rings (SSSR count). The third kappa shape index (κ3) is 4.07. The van der Waals surface area contributed by atoms with Gasteiger partial charge in [-0.05, 0) is 48.2 Å². The number of nitrogens with zero attached hydrogens (tertiary/aromatic N) is 2. The van der Waals surface area contributed by atoms with E-state index in [0.29, 0.717) is 44.1 Å². The first-order valence-corrected chi connectivity index (χ1v) is 11.0. The summed E-state index contributed by atoms with van der Waals surface area (Å²) in [6, 6.07) is 7.20. The van der Waals surface area contributed by atoms with E-state index in [-0.39, 0.29) is 17.4 Å². The Morgan fingerprint density at radius 3 is 2.31 bits per heavy atom. The number of ether oxygens (including phenoxy) is 3. The summed E-state index contributed by atoms with van der Waals surface area (Å²) < 4.78 is 18.6. The second-order valence-corrected chi connectivity index (χ2v) is 8.44. The summed E-state index contributed by atoms with van der Waals surface area (Å²) in [4.78, 5) is 28.2. The van der Waals surface area contributed by atoms with Crippen molar-refractivity contribution in [3.8, 4) is 11.5 Å². The molecular formula is C24H31N3O5. The van der Waals surface area contributed by atoms with Crippen molar-refractivity contribution in [1.29, 1.82) is 0 Å². The van der Waals surface area contributed by atoms with E-state index in [1.165, 1.54) is 0 Å². The molecule has 1 aromatic carbocycles. The predicted octanol–water partition coefficient (Wildman–Crippen LogP) is 2.10. The molecule has 2 aromatic rings. The molecule has 0 spiro atoms. The second-order valence-electron chi connectivity index (χ2n) is 8.44. The zero-order valence-electron chi connectivity index (χ0n) is 18.9. The van der Waals surface area contributed by atoms with E-state index in [0.717, 1.165) is 24.0 Å². The molecule has 8 heteroatoms. The Morgan fingerprint density at radius 1 is 1.09 bits per heavy atom. The fraction of sp³-hybridized carbons (Fsp3) is 0.500. The number of carbonyl (C=O) groups excluding carboxylic acids is 2. The van der Waals surface area contributed by atoms with Gasteiger partial charge in [0.1, 0.15) is 6.04 Å². The van der Waals surface area contributed by atoms with Crippen LogP contribution in [0.4, 0.5) is 0 Å². The zero-order valence-corrected chi connectivity index (χ0v) is 18.9. The summed E-state index contributed by atoms with van der Waals surface area (Å²) in [6.45, 7) is 1.58. The minimum absolute atomic E-state index is 0.0327. The SMILES string of the molecule is CNC(=O)C1Cc2cc(OC)c(OC)cc2CN1C(=O)CC1(n2cccc2)CCOCC1. The monoisotopic (exact) mass is 441 g/mol. The van der Waals surface area contributed by atoms with E-state index in [1.807, 2.05) is 36.7 Å². The van der Waals surface area contributed by atoms with Crippen LogP contribution in [0.25, 0.3) is 0 Å². The first-order chi connectivity index (χ1) is 15.5. The average molecular weight is 442 g/mol. The van der Waals surface area contributed by atoms with E-state index in [1.54, 1.807) is 26.2 Å². The van der Waals surface area contributed by atoms with E-state index in [2.05, 4.69) is 9.88 Å². The quantitative estimate of drug-likeness (QED) is 0.743. The van der Waals surface area contributed by atoms with Gasteiger partial charge in [0.25, 0.3) is 0 Å². The number of nitrogens with one attached hydrogen (secondary N) is 1. The van der Waals surface area contributed by atoms with Gasteiger partial charge in [-0.25, -0.2) is 0 Å². The molecule has 1 saturated heterocycles. The van der Waals surface area contributed by atoms with E-state index in [9.17, 15) is 9.59 Å². The van der Waals surface area contributed by atoms with Gasteiger partial charge in [0, 0.05) is 45.6 Å². The van der Waals surface area contributed by atoms with Gasteiger partial charge >= 0.3 is 0 Å². The van der Waals surface area contributed by atoms with Crippen molar-refractivity contribution in [1.82, 2.24) is 14.8 Å². The number of fused-ring (bicyclic) bond motifs is 1. The summed E-state index contributed by atoms with van der Waals surface area (Å²) in [5.41, 5.74) is 1.62. The minimum Gasteiger partial charge on any atom is -0.493 e. The molecule has 2 amide bonds. The van der Waals surface area contributed by atoms with Crippen molar-refractivity contribution in [2.45, 2.75) is 43.8 Å². The Hall–Kier alpha value is -3.00. The van der Waals surface area contributed by atoms with Crippen LogP contribution in [0.5, 0.6) is 11.5 Å². The van der Waals surface area contributed by atoms with Crippen molar-refractivity contribution >= 4 is 11.8 Å². The lowest BCUT2D eigenvalue weighted by Gasteiger charge is -2.42. The fourth-order valence-corrected chi connectivity index (χ4v) is 4.89. The van der Waals surface area contributed by atoms with Crippen LogP contribution in [-0.2, 0) is 32.8 Å². The molecule has 8 nitrogen and oxygen atoms in total. The Balaban J connectivity index is 1.66. The maximum atomic E-state index is 13.7. The van der Waals surface area contributed by atoms with Crippen LogP contribution in [0, 0.1) is 0 Å². The van der Waals surface area contributed by atoms with Gasteiger partial charge in [-0.15, -0.1) is 0 Å². The number of aromatic nitrogens is 1. The van der Waals surface area contributed by atoms with Crippen molar-refractivity contribution < 1.29 is 23.8 Å². The molecule has 1 fully saturated rings. The molecule has 3 heterocycles. The number of amides is 2. The highest BCUT2D eigenvalue weighted by atomic mass is 16.5. The van der Waals surface area contributed by atoms with Crippen molar-refractivity contribution in [2.75, 3.05) is 34.5 Å². The Kier molecular flexibility index (Phi) is 6.41. The maximum absolute atomic E-state index is 13.7. The van der Waals surface area contributed by atoms with Gasteiger partial charge in [-0.2, -0.15) is 0 Å². The smallest absolute Gasteiger partial charge is 0.242 e. The highest BCUT2D eigenvalue weighted by Gasteiger charge is 2.41. The van der Waals surface area contributed by atoms with Gasteiger partial charge in [0.2, 0.25) is 11.8 Å². The number of carbonyl (C=O) groups is 2. The molecule has 1 N–H and O–H groups in total. The van der Waals surface area contributed by atoms with Crippen LogP contribution < -0.4 is 14.8 Å². The van der Waals surface area contributed by atoms with Crippen LogP contribution in [0.1, 0.15) is 30.4 Å². The molecule has 0 aliphatic carbocycles. The largest absolute Gasteiger partial charge is 0.493 e. The molecule has 1 aromatic heterocycles. The Morgan fingerprint density at radius 2 is 1.72 bits per heavy atom. The standard InChI is InChI=1S/C24H31N3O5/c1-25-23(29)19-12-17-13-20(30-2)21(31-3)14-18(17)16-27(19)22(28)15-24(6-10-32-11-7-24)26-8-4-5-9-26/h4-5,8-9,13-14,19H,6-7,10-12,15-16H2,1-3H3,(H,25,29). The summed E-state index contributed by atoms with van der Waals surface area (Å²) in [7, 11) is 4.79. The zero-order chi connectivity index (χ0) is 22.7. The molecule has 172 valence electrons. The van der Waals surface area contributed by atoms with Crippen LogP contribution >= 0.6 is 0 Å². The van der Waals surface area contributed by atoms with Crippen molar-refractivity contribution in [3.05, 3.63) is 47.8 Å². The number of hydrogen-bond acceptors (Lipinski definition) is 5. The van der Waals surface area contributed by atoms with Crippen molar-refractivity contribution in [3.63, 3.8) is 0 Å². The summed E-state index contributed by atoms with van der Waals surface area (Å²) in [6.07, 6.45) is 6.29. The number of methoxy groups -OCH3 is 2. The molecule has 0 saturated carbocycles. The molecule has 2 aliphatic heterocycles.